The highest BCUT2D eigenvalue weighted by Gasteiger charge is 2.52. The molecule has 1 aliphatic rings. The first-order valence-corrected chi connectivity index (χ1v) is 8.22. The van der Waals surface area contributed by atoms with Crippen LogP contribution in [0, 0.1) is 0 Å². The number of hydrogen-bond donors (Lipinski definition) is 3. The number of carbonyl (C=O) groups is 1. The molecule has 0 saturated carbocycles. The van der Waals surface area contributed by atoms with Crippen LogP contribution in [-0.2, 0) is 22.0 Å². The van der Waals surface area contributed by atoms with Gasteiger partial charge < -0.3 is 24.7 Å². The summed E-state index contributed by atoms with van der Waals surface area (Å²) in [5.74, 6) is 0.0731. The van der Waals surface area contributed by atoms with E-state index in [4.69, 9.17) is 14.4 Å². The minimum Gasteiger partial charge on any atom is -0.465 e. The monoisotopic (exact) mass is 385 g/mol. The normalized spacial score (nSPS) is 18.9. The summed E-state index contributed by atoms with van der Waals surface area (Å²) in [4.78, 5) is 17.2. The second-order valence-electron chi connectivity index (χ2n) is 7.39. The topological polar surface area (TPSA) is 96.5 Å². The van der Waals surface area contributed by atoms with Crippen LogP contribution >= 0.6 is 0 Å². The molecule has 1 fully saturated rings. The van der Waals surface area contributed by atoms with Gasteiger partial charge >= 0.3 is 19.4 Å². The van der Waals surface area contributed by atoms with E-state index in [2.05, 4.69) is 15.3 Å². The molecule has 0 aliphatic carbocycles. The SMILES string of the molecule is CC1(C)OB(c2cc(C(F)(F)F)c3[nH]c(CNC(=O)O)nc3c2)OC1(C)C. The van der Waals surface area contributed by atoms with E-state index in [-0.39, 0.29) is 28.9 Å². The van der Waals surface area contributed by atoms with Crippen LogP contribution in [-0.4, -0.2) is 39.5 Å². The lowest BCUT2D eigenvalue weighted by Gasteiger charge is -2.32. The van der Waals surface area contributed by atoms with E-state index < -0.39 is 36.2 Å². The summed E-state index contributed by atoms with van der Waals surface area (Å²) in [7, 11) is -0.974. The van der Waals surface area contributed by atoms with Gasteiger partial charge in [-0.25, -0.2) is 9.78 Å². The zero-order chi connectivity index (χ0) is 20.2. The summed E-state index contributed by atoms with van der Waals surface area (Å²) >= 11 is 0. The van der Waals surface area contributed by atoms with Gasteiger partial charge in [0.05, 0.1) is 34.3 Å². The summed E-state index contributed by atoms with van der Waals surface area (Å²) in [6, 6.07) is 2.42. The fraction of sp³-hybridized carbons (Fsp3) is 0.500. The highest BCUT2D eigenvalue weighted by atomic mass is 19.4. The molecule has 7 nitrogen and oxygen atoms in total. The summed E-state index contributed by atoms with van der Waals surface area (Å²) in [6.45, 7) is 6.98. The molecule has 1 saturated heterocycles. The fourth-order valence-electron chi connectivity index (χ4n) is 2.77. The van der Waals surface area contributed by atoms with Crippen molar-refractivity contribution < 1.29 is 32.4 Å². The number of H-pyrrole nitrogens is 1. The van der Waals surface area contributed by atoms with E-state index in [1.807, 2.05) is 0 Å². The van der Waals surface area contributed by atoms with Gasteiger partial charge in [-0.15, -0.1) is 0 Å². The van der Waals surface area contributed by atoms with E-state index in [0.29, 0.717) is 0 Å². The smallest absolute Gasteiger partial charge is 0.465 e. The number of rotatable bonds is 3. The van der Waals surface area contributed by atoms with Gasteiger partial charge in [0, 0.05) is 0 Å². The average Bonchev–Trinajstić information content (AvgIpc) is 3.01. The number of alkyl halides is 3. The number of nitrogens with zero attached hydrogens (tertiary/aromatic N) is 1. The molecule has 3 rings (SSSR count). The number of hydrogen-bond acceptors (Lipinski definition) is 4. The van der Waals surface area contributed by atoms with Crippen LogP contribution in [0.1, 0.15) is 39.1 Å². The Balaban J connectivity index is 2.06. The Morgan fingerprint density at radius 3 is 2.37 bits per heavy atom. The largest absolute Gasteiger partial charge is 0.494 e. The molecule has 11 heteroatoms. The highest BCUT2D eigenvalue weighted by molar-refractivity contribution is 6.62. The first-order chi connectivity index (χ1) is 12.3. The molecule has 1 amide bonds. The Hall–Kier alpha value is -2.27. The van der Waals surface area contributed by atoms with E-state index in [0.717, 1.165) is 6.07 Å². The standard InChI is InChI=1S/C16H19BF3N3O4/c1-14(2)15(3,4)27-17(26-14)8-5-9(16(18,19)20)12-10(6-8)22-11(23-12)7-21-13(24)25/h5-6,21H,7H2,1-4H3,(H,22,23)(H,24,25). The summed E-state index contributed by atoms with van der Waals surface area (Å²) in [5.41, 5.74) is -2.29. The minimum atomic E-state index is -4.64. The molecular weight excluding hydrogens is 366 g/mol. The maximum Gasteiger partial charge on any atom is 0.494 e. The molecule has 2 heterocycles. The van der Waals surface area contributed by atoms with Gasteiger partial charge in [0.15, 0.2) is 0 Å². The number of amides is 1. The minimum absolute atomic E-state index is 0.0525. The molecule has 1 aromatic carbocycles. The lowest BCUT2D eigenvalue weighted by atomic mass is 9.78. The van der Waals surface area contributed by atoms with Gasteiger partial charge in [-0.1, -0.05) is 0 Å². The third-order valence-electron chi connectivity index (χ3n) is 4.90. The number of benzene rings is 1. The Morgan fingerprint density at radius 2 is 1.85 bits per heavy atom. The molecule has 1 aliphatic heterocycles. The van der Waals surface area contributed by atoms with Crippen LogP contribution in [0.5, 0.6) is 0 Å². The Bertz CT molecular complexity index is 879. The van der Waals surface area contributed by atoms with Gasteiger partial charge in [0.1, 0.15) is 5.82 Å². The van der Waals surface area contributed by atoms with Gasteiger partial charge in [-0.05, 0) is 45.3 Å². The highest BCUT2D eigenvalue weighted by Crippen LogP contribution is 2.38. The van der Waals surface area contributed by atoms with E-state index >= 15 is 0 Å². The van der Waals surface area contributed by atoms with Crippen LogP contribution in [0.3, 0.4) is 0 Å². The average molecular weight is 385 g/mol. The molecule has 0 radical (unpaired) electrons. The van der Waals surface area contributed by atoms with Crippen LogP contribution in [0.25, 0.3) is 11.0 Å². The van der Waals surface area contributed by atoms with Crippen LogP contribution < -0.4 is 10.8 Å². The lowest BCUT2D eigenvalue weighted by molar-refractivity contribution is -0.136. The number of aromatic amines is 1. The van der Waals surface area contributed by atoms with Gasteiger partial charge in [0.2, 0.25) is 0 Å². The first-order valence-electron chi connectivity index (χ1n) is 8.22. The quantitative estimate of drug-likeness (QED) is 0.706. The van der Waals surface area contributed by atoms with Crippen molar-refractivity contribution in [3.8, 4) is 0 Å². The summed E-state index contributed by atoms with van der Waals surface area (Å²) in [5, 5.41) is 10.7. The zero-order valence-corrected chi connectivity index (χ0v) is 15.2. The van der Waals surface area contributed by atoms with Crippen molar-refractivity contribution in [2.45, 2.75) is 51.6 Å². The Morgan fingerprint density at radius 1 is 1.26 bits per heavy atom. The van der Waals surface area contributed by atoms with Gasteiger partial charge in [0.25, 0.3) is 0 Å². The van der Waals surface area contributed by atoms with Crippen molar-refractivity contribution >= 4 is 29.7 Å². The molecule has 2 aromatic rings. The second-order valence-corrected chi connectivity index (χ2v) is 7.39. The molecule has 27 heavy (non-hydrogen) atoms. The van der Waals surface area contributed by atoms with Gasteiger partial charge in [-0.3, -0.25) is 0 Å². The Labute approximate surface area is 153 Å². The van der Waals surface area contributed by atoms with Gasteiger partial charge in [-0.2, -0.15) is 13.2 Å². The third kappa shape index (κ3) is 3.61. The summed E-state index contributed by atoms with van der Waals surface area (Å²) < 4.78 is 52.4. The zero-order valence-electron chi connectivity index (χ0n) is 15.2. The van der Waals surface area contributed by atoms with Crippen LogP contribution in [0.15, 0.2) is 12.1 Å². The molecule has 146 valence electrons. The molecule has 0 atom stereocenters. The first kappa shape index (κ1) is 19.5. The number of imidazole rings is 1. The predicted molar refractivity (Wildman–Crippen MR) is 91.7 cm³/mol. The molecule has 0 spiro atoms. The van der Waals surface area contributed by atoms with Crippen molar-refractivity contribution in [1.29, 1.82) is 0 Å². The third-order valence-corrected chi connectivity index (χ3v) is 4.90. The van der Waals surface area contributed by atoms with E-state index in [1.54, 1.807) is 27.7 Å². The van der Waals surface area contributed by atoms with Crippen molar-refractivity contribution in [2.75, 3.05) is 0 Å². The predicted octanol–water partition coefficient (Wildman–Crippen LogP) is 2.65. The maximum atomic E-state index is 13.6. The number of aromatic nitrogens is 2. The summed E-state index contributed by atoms with van der Waals surface area (Å²) in [6.07, 6.45) is -5.94. The molecule has 1 aromatic heterocycles. The molecule has 0 unspecified atom stereocenters. The fourth-order valence-corrected chi connectivity index (χ4v) is 2.77. The van der Waals surface area contributed by atoms with Crippen molar-refractivity contribution in [2.24, 2.45) is 0 Å². The van der Waals surface area contributed by atoms with Crippen molar-refractivity contribution in [1.82, 2.24) is 15.3 Å². The van der Waals surface area contributed by atoms with Crippen molar-refractivity contribution in [3.05, 3.63) is 23.5 Å². The molecule has 0 bridgehead atoms. The number of halogens is 3. The van der Waals surface area contributed by atoms with Crippen molar-refractivity contribution in [3.63, 3.8) is 0 Å². The van der Waals surface area contributed by atoms with E-state index in [9.17, 15) is 18.0 Å². The molecule has 3 N–H and O–H groups in total. The molecular formula is C16H19BF3N3O4. The maximum absolute atomic E-state index is 13.6. The number of carboxylic acid groups (broad SMARTS) is 1. The Kier molecular flexibility index (Phi) is 4.43. The van der Waals surface area contributed by atoms with Crippen LogP contribution in [0.4, 0.5) is 18.0 Å². The van der Waals surface area contributed by atoms with Crippen LogP contribution in [0.2, 0.25) is 0 Å². The lowest BCUT2D eigenvalue weighted by Crippen LogP contribution is -2.41. The number of fused-ring (bicyclic) bond motifs is 1. The number of nitrogens with one attached hydrogen (secondary N) is 2. The second kappa shape index (κ2) is 6.13. The van der Waals surface area contributed by atoms with E-state index in [1.165, 1.54) is 6.07 Å².